The summed E-state index contributed by atoms with van der Waals surface area (Å²) in [5, 5.41) is 2.84. The second-order valence-corrected chi connectivity index (χ2v) is 4.10. The zero-order valence-corrected chi connectivity index (χ0v) is 11.0. The minimum atomic E-state index is -4.22. The number of alkyl halides is 3. The smallest absolute Gasteiger partial charge is 0.401 e. The van der Waals surface area contributed by atoms with Crippen molar-refractivity contribution in [3.05, 3.63) is 23.9 Å². The first kappa shape index (κ1) is 15.7. The lowest BCUT2D eigenvalue weighted by atomic mass is 10.3. The number of aromatic nitrogens is 1. The molecule has 0 amide bonds. The Bertz CT molecular complexity index is 385. The van der Waals surface area contributed by atoms with E-state index in [9.17, 15) is 13.2 Å². The van der Waals surface area contributed by atoms with E-state index in [4.69, 9.17) is 4.74 Å². The molecule has 108 valence electrons. The molecule has 1 heterocycles. The van der Waals surface area contributed by atoms with Crippen LogP contribution in [0.15, 0.2) is 18.2 Å². The molecule has 0 spiro atoms. The number of nitrogens with zero attached hydrogens (tertiary/aromatic N) is 2. The van der Waals surface area contributed by atoms with E-state index < -0.39 is 12.7 Å². The van der Waals surface area contributed by atoms with Gasteiger partial charge in [-0.2, -0.15) is 13.2 Å². The largest absolute Gasteiger partial charge is 0.481 e. The first-order valence-electron chi connectivity index (χ1n) is 5.88. The predicted molar refractivity (Wildman–Crippen MR) is 66.0 cm³/mol. The van der Waals surface area contributed by atoms with Gasteiger partial charge in [0.2, 0.25) is 5.88 Å². The molecular formula is C12H18F3N3O. The van der Waals surface area contributed by atoms with Crippen molar-refractivity contribution >= 4 is 0 Å². The van der Waals surface area contributed by atoms with Crippen molar-refractivity contribution in [2.75, 3.05) is 33.8 Å². The van der Waals surface area contributed by atoms with Gasteiger partial charge in [-0.15, -0.1) is 0 Å². The molecule has 4 nitrogen and oxygen atoms in total. The van der Waals surface area contributed by atoms with Crippen LogP contribution in [-0.4, -0.2) is 49.9 Å². The van der Waals surface area contributed by atoms with Gasteiger partial charge in [0, 0.05) is 25.7 Å². The Labute approximate surface area is 110 Å². The van der Waals surface area contributed by atoms with Crippen molar-refractivity contribution in [2.24, 2.45) is 0 Å². The lowest BCUT2D eigenvalue weighted by Gasteiger charge is -2.23. The fourth-order valence-corrected chi connectivity index (χ4v) is 1.63. The fourth-order valence-electron chi connectivity index (χ4n) is 1.63. The van der Waals surface area contributed by atoms with Crippen LogP contribution in [0.5, 0.6) is 5.88 Å². The van der Waals surface area contributed by atoms with E-state index in [0.717, 1.165) is 0 Å². The lowest BCUT2D eigenvalue weighted by molar-refractivity contribution is -0.147. The average Bonchev–Trinajstić information content (AvgIpc) is 2.34. The summed E-state index contributed by atoms with van der Waals surface area (Å²) in [7, 11) is 3.18. The zero-order valence-electron chi connectivity index (χ0n) is 11.0. The Morgan fingerprint density at radius 1 is 1.37 bits per heavy atom. The van der Waals surface area contributed by atoms with Gasteiger partial charge >= 0.3 is 6.18 Å². The number of pyridine rings is 1. The van der Waals surface area contributed by atoms with Gasteiger partial charge < -0.3 is 10.1 Å². The Balaban J connectivity index is 2.69. The summed E-state index contributed by atoms with van der Waals surface area (Å²) < 4.78 is 42.4. The van der Waals surface area contributed by atoms with Crippen LogP contribution in [0.2, 0.25) is 0 Å². The molecule has 1 rings (SSSR count). The molecule has 0 aliphatic heterocycles. The molecule has 0 saturated carbocycles. The van der Waals surface area contributed by atoms with Crippen molar-refractivity contribution in [3.63, 3.8) is 0 Å². The van der Waals surface area contributed by atoms with Crippen LogP contribution in [-0.2, 0) is 6.54 Å². The fraction of sp³-hybridized carbons (Fsp3) is 0.583. The van der Waals surface area contributed by atoms with Gasteiger partial charge in [0.15, 0.2) is 0 Å². The third-order valence-corrected chi connectivity index (χ3v) is 2.46. The Morgan fingerprint density at radius 2 is 2.11 bits per heavy atom. The second kappa shape index (κ2) is 7.30. The van der Waals surface area contributed by atoms with Crippen LogP contribution < -0.4 is 10.1 Å². The molecule has 0 saturated heterocycles. The van der Waals surface area contributed by atoms with Crippen molar-refractivity contribution in [1.82, 2.24) is 15.2 Å². The quantitative estimate of drug-likeness (QED) is 0.822. The van der Waals surface area contributed by atoms with Crippen LogP contribution in [0.4, 0.5) is 13.2 Å². The summed E-state index contributed by atoms with van der Waals surface area (Å²) in [6.07, 6.45) is -4.22. The van der Waals surface area contributed by atoms with Crippen LogP contribution >= 0.6 is 0 Å². The van der Waals surface area contributed by atoms with E-state index in [2.05, 4.69) is 10.3 Å². The summed E-state index contributed by atoms with van der Waals surface area (Å²) >= 11 is 0. The molecule has 19 heavy (non-hydrogen) atoms. The number of ether oxygens (including phenoxy) is 1. The number of rotatable bonds is 7. The zero-order chi connectivity index (χ0) is 14.3. The molecule has 0 atom stereocenters. The molecular weight excluding hydrogens is 259 g/mol. The molecule has 1 aromatic rings. The van der Waals surface area contributed by atoms with Gasteiger partial charge in [0.25, 0.3) is 0 Å². The van der Waals surface area contributed by atoms with E-state index in [1.165, 1.54) is 12.0 Å². The van der Waals surface area contributed by atoms with Gasteiger partial charge in [0.05, 0.1) is 19.3 Å². The van der Waals surface area contributed by atoms with Crippen LogP contribution in [0.3, 0.4) is 0 Å². The number of methoxy groups -OCH3 is 1. The molecule has 0 radical (unpaired) electrons. The number of nitrogens with one attached hydrogen (secondary N) is 1. The summed E-state index contributed by atoms with van der Waals surface area (Å²) in [5.74, 6) is 0.401. The van der Waals surface area contributed by atoms with Gasteiger partial charge in [0.1, 0.15) is 0 Å². The Hall–Kier alpha value is -1.34. The average molecular weight is 277 g/mol. The number of halogens is 3. The third-order valence-electron chi connectivity index (χ3n) is 2.46. The maximum absolute atomic E-state index is 12.5. The molecule has 0 aliphatic carbocycles. The summed E-state index contributed by atoms with van der Waals surface area (Å²) in [6.45, 7) is -0.0269. The third kappa shape index (κ3) is 6.40. The maximum atomic E-state index is 12.5. The topological polar surface area (TPSA) is 37.4 Å². The Kier molecular flexibility index (Phi) is 6.04. The Morgan fingerprint density at radius 3 is 2.68 bits per heavy atom. The van der Waals surface area contributed by atoms with Gasteiger partial charge in [-0.1, -0.05) is 6.07 Å². The molecule has 0 aromatic carbocycles. The van der Waals surface area contributed by atoms with Gasteiger partial charge in [-0.25, -0.2) is 4.98 Å². The molecule has 0 bridgehead atoms. The van der Waals surface area contributed by atoms with Crippen LogP contribution in [0.1, 0.15) is 5.69 Å². The second-order valence-electron chi connectivity index (χ2n) is 4.10. The number of hydrogen-bond donors (Lipinski definition) is 1. The van der Waals surface area contributed by atoms with Crippen molar-refractivity contribution in [2.45, 2.75) is 12.7 Å². The first-order chi connectivity index (χ1) is 8.94. The van der Waals surface area contributed by atoms with Crippen LogP contribution in [0.25, 0.3) is 0 Å². The molecule has 1 N–H and O–H groups in total. The highest BCUT2D eigenvalue weighted by molar-refractivity contribution is 5.15. The van der Waals surface area contributed by atoms with Crippen molar-refractivity contribution < 1.29 is 17.9 Å². The highest BCUT2D eigenvalue weighted by Crippen LogP contribution is 2.18. The minimum Gasteiger partial charge on any atom is -0.481 e. The number of hydrogen-bond acceptors (Lipinski definition) is 4. The lowest BCUT2D eigenvalue weighted by Crippen LogP contribution is -2.37. The summed E-state index contributed by atoms with van der Waals surface area (Å²) in [5.41, 5.74) is 0.555. The van der Waals surface area contributed by atoms with E-state index in [-0.39, 0.29) is 6.54 Å². The standard InChI is InChI=1S/C12H18F3N3O/c1-16-6-7-18(9-12(13,14)15)8-10-4-3-5-11(17-10)19-2/h3-5,16H,6-9H2,1-2H3. The number of likely N-dealkylation sites (N-methyl/N-ethyl adjacent to an activating group) is 1. The molecule has 0 fully saturated rings. The molecule has 1 aromatic heterocycles. The highest BCUT2D eigenvalue weighted by Gasteiger charge is 2.30. The van der Waals surface area contributed by atoms with E-state index in [1.807, 2.05) is 0 Å². The molecule has 0 unspecified atom stereocenters. The SMILES string of the molecule is CNCCN(Cc1cccc(OC)n1)CC(F)(F)F. The highest BCUT2D eigenvalue weighted by atomic mass is 19.4. The summed E-state index contributed by atoms with van der Waals surface area (Å²) in [6, 6.07) is 5.06. The molecule has 0 aliphatic rings. The van der Waals surface area contributed by atoms with Gasteiger partial charge in [-0.05, 0) is 13.1 Å². The first-order valence-corrected chi connectivity index (χ1v) is 5.88. The van der Waals surface area contributed by atoms with E-state index in [1.54, 1.807) is 25.2 Å². The van der Waals surface area contributed by atoms with Crippen molar-refractivity contribution in [1.29, 1.82) is 0 Å². The van der Waals surface area contributed by atoms with E-state index >= 15 is 0 Å². The van der Waals surface area contributed by atoms with Gasteiger partial charge in [-0.3, -0.25) is 4.90 Å². The predicted octanol–water partition coefficient (Wildman–Crippen LogP) is 1.67. The minimum absolute atomic E-state index is 0.137. The normalized spacial score (nSPS) is 11.9. The molecule has 7 heteroatoms. The van der Waals surface area contributed by atoms with Crippen LogP contribution in [0, 0.1) is 0 Å². The maximum Gasteiger partial charge on any atom is 0.401 e. The monoisotopic (exact) mass is 277 g/mol. The summed E-state index contributed by atoms with van der Waals surface area (Å²) in [4.78, 5) is 5.42. The van der Waals surface area contributed by atoms with E-state index in [0.29, 0.717) is 24.7 Å². The van der Waals surface area contributed by atoms with Crippen molar-refractivity contribution in [3.8, 4) is 5.88 Å².